The molecule has 0 fully saturated rings. The summed E-state index contributed by atoms with van der Waals surface area (Å²) in [6, 6.07) is 7.10. The predicted octanol–water partition coefficient (Wildman–Crippen LogP) is 2.71. The minimum Gasteiger partial charge on any atom is -0.493 e. The molecule has 8 heteroatoms. The van der Waals surface area contributed by atoms with E-state index in [0.717, 1.165) is 12.1 Å². The summed E-state index contributed by atoms with van der Waals surface area (Å²) in [5.41, 5.74) is 7.69. The molecule has 1 aromatic carbocycles. The average Bonchev–Trinajstić information content (AvgIpc) is 2.77. The number of hydrogen-bond acceptors (Lipinski definition) is 7. The second-order valence-electron chi connectivity index (χ2n) is 7.10. The molecule has 0 spiro atoms. The molecule has 0 amide bonds. The maximum absolute atomic E-state index is 13.6. The van der Waals surface area contributed by atoms with Crippen LogP contribution in [0.4, 0.5) is 0 Å². The lowest BCUT2D eigenvalue weighted by Crippen LogP contribution is -2.35. The smallest absolute Gasteiger partial charge is 0.340 e. The SMILES string of the molecule is CCCc1cc2c(c(=O)n1CC)C(c1cccc(OC)c1OC)C(C(=O)OC)=C(N)O2. The summed E-state index contributed by atoms with van der Waals surface area (Å²) in [5, 5.41) is 0. The van der Waals surface area contributed by atoms with Gasteiger partial charge in [0.25, 0.3) is 5.56 Å². The van der Waals surface area contributed by atoms with Crippen LogP contribution in [0, 0.1) is 0 Å². The molecule has 0 saturated heterocycles. The zero-order valence-corrected chi connectivity index (χ0v) is 18.5. The Morgan fingerprint density at radius 1 is 1.19 bits per heavy atom. The number of aromatic nitrogens is 1. The summed E-state index contributed by atoms with van der Waals surface area (Å²) < 4.78 is 23.5. The third-order valence-electron chi connectivity index (χ3n) is 5.42. The molecule has 1 aliphatic heterocycles. The molecule has 166 valence electrons. The van der Waals surface area contributed by atoms with Gasteiger partial charge in [-0.15, -0.1) is 0 Å². The minimum atomic E-state index is -0.845. The summed E-state index contributed by atoms with van der Waals surface area (Å²) in [5.74, 6) is -0.435. The summed E-state index contributed by atoms with van der Waals surface area (Å²) in [4.78, 5) is 26.4. The van der Waals surface area contributed by atoms with E-state index in [1.807, 2.05) is 19.9 Å². The molecule has 2 aromatic rings. The normalized spacial score (nSPS) is 15.2. The molecule has 1 aromatic heterocycles. The maximum Gasteiger partial charge on any atom is 0.340 e. The number of fused-ring (bicyclic) bond motifs is 1. The second kappa shape index (κ2) is 9.16. The van der Waals surface area contributed by atoms with Crippen LogP contribution in [-0.4, -0.2) is 31.9 Å². The molecule has 8 nitrogen and oxygen atoms in total. The number of carbonyl (C=O) groups is 1. The van der Waals surface area contributed by atoms with Gasteiger partial charge in [0.1, 0.15) is 11.3 Å². The molecule has 2 heterocycles. The fourth-order valence-electron chi connectivity index (χ4n) is 4.09. The zero-order valence-electron chi connectivity index (χ0n) is 18.5. The first kappa shape index (κ1) is 22.3. The summed E-state index contributed by atoms with van der Waals surface area (Å²) in [6.45, 7) is 4.43. The van der Waals surface area contributed by atoms with Crippen molar-refractivity contribution in [2.45, 2.75) is 39.2 Å². The van der Waals surface area contributed by atoms with Crippen LogP contribution in [0.15, 0.2) is 40.5 Å². The molecular formula is C23H28N2O6. The fourth-order valence-corrected chi connectivity index (χ4v) is 4.09. The van der Waals surface area contributed by atoms with Gasteiger partial charge < -0.3 is 29.2 Å². The Bertz CT molecular complexity index is 1090. The van der Waals surface area contributed by atoms with Crippen molar-refractivity contribution in [3.63, 3.8) is 0 Å². The maximum atomic E-state index is 13.6. The number of aryl methyl sites for hydroxylation is 1. The van der Waals surface area contributed by atoms with E-state index in [-0.39, 0.29) is 17.0 Å². The minimum absolute atomic E-state index is 0.0459. The number of esters is 1. The Kier molecular flexibility index (Phi) is 6.58. The summed E-state index contributed by atoms with van der Waals surface area (Å²) in [6.07, 6.45) is 1.57. The molecular weight excluding hydrogens is 400 g/mol. The predicted molar refractivity (Wildman–Crippen MR) is 116 cm³/mol. The molecule has 1 atom stereocenters. The molecule has 1 aliphatic rings. The number of benzene rings is 1. The van der Waals surface area contributed by atoms with Crippen molar-refractivity contribution < 1.29 is 23.7 Å². The number of hydrogen-bond donors (Lipinski definition) is 1. The first-order valence-electron chi connectivity index (χ1n) is 10.2. The number of carbonyl (C=O) groups excluding carboxylic acids is 1. The Balaban J connectivity index is 2.41. The zero-order chi connectivity index (χ0) is 22.7. The Morgan fingerprint density at radius 3 is 2.52 bits per heavy atom. The van der Waals surface area contributed by atoms with Gasteiger partial charge in [0.15, 0.2) is 11.5 Å². The van der Waals surface area contributed by atoms with Crippen molar-refractivity contribution in [2.24, 2.45) is 5.73 Å². The Morgan fingerprint density at radius 2 is 1.94 bits per heavy atom. The number of nitrogens with zero attached hydrogens (tertiary/aromatic N) is 1. The van der Waals surface area contributed by atoms with Gasteiger partial charge in [-0.25, -0.2) is 4.79 Å². The summed E-state index contributed by atoms with van der Waals surface area (Å²) in [7, 11) is 4.28. The highest BCUT2D eigenvalue weighted by molar-refractivity contribution is 5.93. The lowest BCUT2D eigenvalue weighted by atomic mass is 9.82. The van der Waals surface area contributed by atoms with Crippen LogP contribution in [0.25, 0.3) is 0 Å². The van der Waals surface area contributed by atoms with E-state index in [9.17, 15) is 9.59 Å². The van der Waals surface area contributed by atoms with Gasteiger partial charge in [0, 0.05) is 23.9 Å². The van der Waals surface area contributed by atoms with E-state index in [0.29, 0.717) is 41.3 Å². The standard InChI is InChI=1S/C23H28N2O6/c1-6-9-13-12-16-18(22(26)25(13)7-2)17(19(21(24)31-16)23(27)30-5)14-10-8-11-15(28-3)20(14)29-4/h8,10-12,17H,6-7,9,24H2,1-5H3. The third kappa shape index (κ3) is 3.73. The quantitative estimate of drug-likeness (QED) is 0.677. The lowest BCUT2D eigenvalue weighted by Gasteiger charge is -2.30. The summed E-state index contributed by atoms with van der Waals surface area (Å²) >= 11 is 0. The van der Waals surface area contributed by atoms with Crippen LogP contribution in [-0.2, 0) is 22.5 Å². The molecule has 0 radical (unpaired) electrons. The number of methoxy groups -OCH3 is 3. The topological polar surface area (TPSA) is 102 Å². The highest BCUT2D eigenvalue weighted by Crippen LogP contribution is 2.46. The van der Waals surface area contributed by atoms with E-state index in [1.165, 1.54) is 21.3 Å². The van der Waals surface area contributed by atoms with Gasteiger partial charge >= 0.3 is 5.97 Å². The largest absolute Gasteiger partial charge is 0.493 e. The average molecular weight is 428 g/mol. The van der Waals surface area contributed by atoms with Crippen molar-refractivity contribution in [1.29, 1.82) is 0 Å². The van der Waals surface area contributed by atoms with Gasteiger partial charge in [0.2, 0.25) is 5.88 Å². The fraction of sp³-hybridized carbons (Fsp3) is 0.391. The number of para-hydroxylation sites is 1. The van der Waals surface area contributed by atoms with Crippen LogP contribution < -0.4 is 25.5 Å². The van der Waals surface area contributed by atoms with E-state index >= 15 is 0 Å². The molecule has 0 saturated carbocycles. The van der Waals surface area contributed by atoms with Crippen LogP contribution in [0.1, 0.15) is 43.0 Å². The van der Waals surface area contributed by atoms with E-state index in [1.54, 1.807) is 22.8 Å². The van der Waals surface area contributed by atoms with E-state index < -0.39 is 11.9 Å². The first-order chi connectivity index (χ1) is 14.9. The van der Waals surface area contributed by atoms with Crippen molar-refractivity contribution in [3.05, 3.63) is 62.9 Å². The highest BCUT2D eigenvalue weighted by atomic mass is 16.5. The molecule has 2 N–H and O–H groups in total. The van der Waals surface area contributed by atoms with Crippen molar-refractivity contribution in [1.82, 2.24) is 4.57 Å². The van der Waals surface area contributed by atoms with Crippen molar-refractivity contribution in [3.8, 4) is 17.2 Å². The van der Waals surface area contributed by atoms with Crippen LogP contribution in [0.2, 0.25) is 0 Å². The van der Waals surface area contributed by atoms with E-state index in [4.69, 9.17) is 24.7 Å². The number of rotatable bonds is 7. The van der Waals surface area contributed by atoms with Crippen LogP contribution in [0.3, 0.4) is 0 Å². The van der Waals surface area contributed by atoms with Gasteiger partial charge in [-0.2, -0.15) is 0 Å². The van der Waals surface area contributed by atoms with E-state index in [2.05, 4.69) is 0 Å². The molecule has 1 unspecified atom stereocenters. The molecule has 3 rings (SSSR count). The van der Waals surface area contributed by atoms with Crippen LogP contribution >= 0.6 is 0 Å². The first-order valence-corrected chi connectivity index (χ1v) is 10.2. The van der Waals surface area contributed by atoms with Gasteiger partial charge in [-0.3, -0.25) is 4.79 Å². The van der Waals surface area contributed by atoms with Crippen LogP contribution in [0.5, 0.6) is 17.2 Å². The second-order valence-corrected chi connectivity index (χ2v) is 7.10. The lowest BCUT2D eigenvalue weighted by molar-refractivity contribution is -0.136. The highest BCUT2D eigenvalue weighted by Gasteiger charge is 2.40. The monoisotopic (exact) mass is 428 g/mol. The van der Waals surface area contributed by atoms with Gasteiger partial charge in [-0.05, 0) is 19.4 Å². The van der Waals surface area contributed by atoms with Crippen molar-refractivity contribution >= 4 is 5.97 Å². The molecule has 0 aliphatic carbocycles. The number of pyridine rings is 1. The van der Waals surface area contributed by atoms with Gasteiger partial charge in [-0.1, -0.05) is 25.5 Å². The third-order valence-corrected chi connectivity index (χ3v) is 5.42. The van der Waals surface area contributed by atoms with Gasteiger partial charge in [0.05, 0.1) is 32.8 Å². The van der Waals surface area contributed by atoms with Crippen molar-refractivity contribution in [2.75, 3.05) is 21.3 Å². The molecule has 31 heavy (non-hydrogen) atoms. The molecule has 0 bridgehead atoms. The Hall–Kier alpha value is -3.42. The number of ether oxygens (including phenoxy) is 4. The Labute approximate surface area is 181 Å². The number of nitrogens with two attached hydrogens (primary N) is 1.